The summed E-state index contributed by atoms with van der Waals surface area (Å²) in [5.74, 6) is 0.652. The van der Waals surface area contributed by atoms with Gasteiger partial charge in [0.25, 0.3) is 0 Å². The summed E-state index contributed by atoms with van der Waals surface area (Å²) in [6, 6.07) is 3.25. The van der Waals surface area contributed by atoms with Gasteiger partial charge in [0.1, 0.15) is 18.1 Å². The van der Waals surface area contributed by atoms with Crippen molar-refractivity contribution in [3.63, 3.8) is 0 Å². The third-order valence-electron chi connectivity index (χ3n) is 2.92. The van der Waals surface area contributed by atoms with Crippen molar-refractivity contribution in [1.29, 1.82) is 0 Å². The Morgan fingerprint density at radius 3 is 2.60 bits per heavy atom. The van der Waals surface area contributed by atoms with Crippen LogP contribution in [0.15, 0.2) is 27.7 Å². The van der Waals surface area contributed by atoms with Gasteiger partial charge >= 0.3 is 0 Å². The molecular weight excluding hydrogens is 284 g/mol. The van der Waals surface area contributed by atoms with Crippen molar-refractivity contribution in [3.05, 3.63) is 18.3 Å². The minimum absolute atomic E-state index is 0.0320. The molecule has 0 spiro atoms. The SMILES string of the molecule is CS(=O)(=O)c1c(-c2cnoc2N)ccc2c1OCCO2. The summed E-state index contributed by atoms with van der Waals surface area (Å²) in [6.45, 7) is 0.670. The van der Waals surface area contributed by atoms with Gasteiger partial charge in [-0.1, -0.05) is 5.16 Å². The number of sulfone groups is 1. The molecule has 3 rings (SSSR count). The van der Waals surface area contributed by atoms with Crippen LogP contribution in [0.5, 0.6) is 11.5 Å². The van der Waals surface area contributed by atoms with E-state index >= 15 is 0 Å². The van der Waals surface area contributed by atoms with E-state index in [1.807, 2.05) is 0 Å². The van der Waals surface area contributed by atoms with Crippen LogP contribution >= 0.6 is 0 Å². The molecule has 0 amide bonds. The van der Waals surface area contributed by atoms with Gasteiger partial charge < -0.3 is 19.7 Å². The fraction of sp³-hybridized carbons (Fsp3) is 0.250. The molecule has 7 nitrogen and oxygen atoms in total. The van der Waals surface area contributed by atoms with E-state index < -0.39 is 9.84 Å². The number of ether oxygens (including phenoxy) is 2. The number of nitrogen functional groups attached to an aromatic ring is 1. The molecule has 106 valence electrons. The van der Waals surface area contributed by atoms with Crippen LogP contribution in [0.4, 0.5) is 5.88 Å². The largest absolute Gasteiger partial charge is 0.486 e. The Kier molecular flexibility index (Phi) is 2.82. The molecule has 0 atom stereocenters. The van der Waals surface area contributed by atoms with Crippen LogP contribution < -0.4 is 15.2 Å². The standard InChI is InChI=1S/C12H12N2O5S/c1-20(15,16)11-7(8-6-14-19-12(8)13)2-3-9-10(11)18-5-4-17-9/h2-3,6H,4-5,13H2,1H3. The van der Waals surface area contributed by atoms with Crippen molar-refractivity contribution in [1.82, 2.24) is 5.16 Å². The molecule has 1 aromatic heterocycles. The molecule has 2 aromatic rings. The molecule has 0 fully saturated rings. The fourth-order valence-corrected chi connectivity index (χ4v) is 3.20. The Morgan fingerprint density at radius 1 is 1.20 bits per heavy atom. The normalized spacial score (nSPS) is 14.2. The van der Waals surface area contributed by atoms with Crippen molar-refractivity contribution in [2.24, 2.45) is 0 Å². The smallest absolute Gasteiger partial charge is 0.229 e. The molecule has 0 saturated carbocycles. The fourth-order valence-electron chi connectivity index (χ4n) is 2.12. The lowest BCUT2D eigenvalue weighted by Crippen LogP contribution is -2.18. The zero-order valence-electron chi connectivity index (χ0n) is 10.6. The van der Waals surface area contributed by atoms with Crippen LogP contribution in [0.25, 0.3) is 11.1 Å². The summed E-state index contributed by atoms with van der Waals surface area (Å²) in [4.78, 5) is 0.0320. The predicted molar refractivity (Wildman–Crippen MR) is 70.5 cm³/mol. The summed E-state index contributed by atoms with van der Waals surface area (Å²) < 4.78 is 39.9. The summed E-state index contributed by atoms with van der Waals surface area (Å²) in [5.41, 5.74) is 6.45. The van der Waals surface area contributed by atoms with E-state index in [-0.39, 0.29) is 23.1 Å². The number of benzene rings is 1. The molecule has 1 aromatic carbocycles. The quantitative estimate of drug-likeness (QED) is 0.884. The number of fused-ring (bicyclic) bond motifs is 1. The number of rotatable bonds is 2. The maximum atomic E-state index is 12.1. The average molecular weight is 296 g/mol. The average Bonchev–Trinajstić information content (AvgIpc) is 2.82. The van der Waals surface area contributed by atoms with Gasteiger partial charge in [0.05, 0.1) is 11.8 Å². The lowest BCUT2D eigenvalue weighted by molar-refractivity contribution is 0.167. The van der Waals surface area contributed by atoms with E-state index in [9.17, 15) is 8.42 Å². The second-order valence-electron chi connectivity index (χ2n) is 4.34. The van der Waals surface area contributed by atoms with E-state index in [1.165, 1.54) is 6.20 Å². The molecule has 1 aliphatic rings. The lowest BCUT2D eigenvalue weighted by atomic mass is 10.1. The van der Waals surface area contributed by atoms with E-state index in [4.69, 9.17) is 19.7 Å². The number of anilines is 1. The summed E-state index contributed by atoms with van der Waals surface area (Å²) in [6.07, 6.45) is 2.48. The van der Waals surface area contributed by atoms with Crippen LogP contribution in [-0.2, 0) is 9.84 Å². The van der Waals surface area contributed by atoms with Crippen molar-refractivity contribution in [3.8, 4) is 22.6 Å². The van der Waals surface area contributed by atoms with Crippen molar-refractivity contribution >= 4 is 15.7 Å². The number of hydrogen-bond donors (Lipinski definition) is 1. The van der Waals surface area contributed by atoms with Crippen LogP contribution in [-0.4, -0.2) is 33.0 Å². The van der Waals surface area contributed by atoms with E-state index in [0.717, 1.165) is 6.26 Å². The molecule has 0 aliphatic carbocycles. The third kappa shape index (κ3) is 1.97. The molecular formula is C12H12N2O5S. The molecule has 2 N–H and O–H groups in total. The predicted octanol–water partition coefficient (Wildman–Crippen LogP) is 1.10. The Labute approximate surface area is 115 Å². The highest BCUT2D eigenvalue weighted by Crippen LogP contribution is 2.43. The summed E-state index contributed by atoms with van der Waals surface area (Å²) in [5, 5.41) is 3.57. The maximum Gasteiger partial charge on any atom is 0.229 e. The van der Waals surface area contributed by atoms with Crippen molar-refractivity contribution in [2.75, 3.05) is 25.2 Å². The van der Waals surface area contributed by atoms with E-state index in [1.54, 1.807) is 12.1 Å². The monoisotopic (exact) mass is 296 g/mol. The highest BCUT2D eigenvalue weighted by molar-refractivity contribution is 7.91. The van der Waals surface area contributed by atoms with Gasteiger partial charge in [-0.05, 0) is 12.1 Å². The first-order chi connectivity index (χ1) is 9.48. The van der Waals surface area contributed by atoms with Crippen LogP contribution in [0.1, 0.15) is 0 Å². The third-order valence-corrected chi connectivity index (χ3v) is 4.07. The molecule has 20 heavy (non-hydrogen) atoms. The topological polar surface area (TPSA) is 105 Å². The molecule has 2 heterocycles. The Balaban J connectivity index is 2.34. The number of aromatic nitrogens is 1. The van der Waals surface area contributed by atoms with Gasteiger partial charge in [0, 0.05) is 11.8 Å². The van der Waals surface area contributed by atoms with Gasteiger partial charge in [-0.2, -0.15) is 0 Å². The van der Waals surface area contributed by atoms with Gasteiger partial charge in [-0.25, -0.2) is 8.42 Å². The van der Waals surface area contributed by atoms with Crippen molar-refractivity contribution in [2.45, 2.75) is 4.90 Å². The number of nitrogens with zero attached hydrogens (tertiary/aromatic N) is 1. The summed E-state index contributed by atoms with van der Waals surface area (Å²) >= 11 is 0. The van der Waals surface area contributed by atoms with Gasteiger partial charge in [-0.15, -0.1) is 0 Å². The second-order valence-corrected chi connectivity index (χ2v) is 6.29. The first kappa shape index (κ1) is 12.8. The maximum absolute atomic E-state index is 12.1. The van der Waals surface area contributed by atoms with E-state index in [0.29, 0.717) is 23.5 Å². The molecule has 1 aliphatic heterocycles. The molecule has 0 unspecified atom stereocenters. The Bertz CT molecular complexity index is 766. The first-order valence-corrected chi connectivity index (χ1v) is 7.71. The lowest BCUT2D eigenvalue weighted by Gasteiger charge is -2.22. The van der Waals surface area contributed by atoms with Gasteiger partial charge in [0.2, 0.25) is 5.88 Å². The zero-order valence-corrected chi connectivity index (χ0v) is 11.4. The van der Waals surface area contributed by atoms with Crippen LogP contribution in [0.3, 0.4) is 0 Å². The highest BCUT2D eigenvalue weighted by atomic mass is 32.2. The van der Waals surface area contributed by atoms with Gasteiger partial charge in [0.15, 0.2) is 21.3 Å². The second kappa shape index (κ2) is 4.41. The molecule has 0 bridgehead atoms. The Morgan fingerprint density at radius 2 is 1.95 bits per heavy atom. The highest BCUT2D eigenvalue weighted by Gasteiger charge is 2.28. The van der Waals surface area contributed by atoms with Gasteiger partial charge in [-0.3, -0.25) is 0 Å². The number of nitrogens with two attached hydrogens (primary N) is 1. The first-order valence-electron chi connectivity index (χ1n) is 5.81. The zero-order chi connectivity index (χ0) is 14.3. The van der Waals surface area contributed by atoms with E-state index in [2.05, 4.69) is 5.16 Å². The number of hydrogen-bond acceptors (Lipinski definition) is 7. The molecule has 0 radical (unpaired) electrons. The molecule has 0 saturated heterocycles. The summed E-state index contributed by atoms with van der Waals surface area (Å²) in [7, 11) is -3.55. The van der Waals surface area contributed by atoms with Crippen LogP contribution in [0, 0.1) is 0 Å². The van der Waals surface area contributed by atoms with Crippen LogP contribution in [0.2, 0.25) is 0 Å². The molecule has 8 heteroatoms. The minimum Gasteiger partial charge on any atom is -0.486 e. The Hall–Kier alpha value is -2.22. The van der Waals surface area contributed by atoms with Crippen molar-refractivity contribution < 1.29 is 22.4 Å². The minimum atomic E-state index is -3.55.